The van der Waals surface area contributed by atoms with Gasteiger partial charge in [0.05, 0.1) is 29.3 Å². The van der Waals surface area contributed by atoms with E-state index < -0.39 is 0 Å². The number of nitrogens with zero attached hydrogens (tertiary/aromatic N) is 3. The van der Waals surface area contributed by atoms with E-state index >= 15 is 0 Å². The Balaban J connectivity index is 1.63. The maximum Gasteiger partial charge on any atom is 0.266 e. The second kappa shape index (κ2) is 11.7. The van der Waals surface area contributed by atoms with Crippen molar-refractivity contribution in [1.29, 1.82) is 5.26 Å². The van der Waals surface area contributed by atoms with E-state index in [1.54, 1.807) is 18.1 Å². The van der Waals surface area contributed by atoms with Crippen molar-refractivity contribution in [2.75, 3.05) is 13.7 Å². The summed E-state index contributed by atoms with van der Waals surface area (Å²) >= 11 is 4.98. The molecular formula is C29H26BrN3O3S. The van der Waals surface area contributed by atoms with Gasteiger partial charge in [0.25, 0.3) is 5.91 Å². The lowest BCUT2D eigenvalue weighted by atomic mass is 10.1. The molecule has 0 aromatic heterocycles. The van der Waals surface area contributed by atoms with Gasteiger partial charge in [-0.05, 0) is 73.5 Å². The molecule has 1 heterocycles. The van der Waals surface area contributed by atoms with Crippen molar-refractivity contribution >= 4 is 50.5 Å². The number of rotatable bonds is 7. The second-order valence-electron chi connectivity index (χ2n) is 8.38. The summed E-state index contributed by atoms with van der Waals surface area (Å²) in [6.45, 7) is 6.73. The molecule has 3 aromatic rings. The number of para-hydroxylation sites is 1. The molecule has 37 heavy (non-hydrogen) atoms. The van der Waals surface area contributed by atoms with E-state index in [2.05, 4.69) is 22.0 Å². The molecule has 1 fully saturated rings. The zero-order valence-electron chi connectivity index (χ0n) is 21.0. The lowest BCUT2D eigenvalue weighted by Gasteiger charge is -2.14. The maximum absolute atomic E-state index is 13.2. The number of nitriles is 1. The largest absolute Gasteiger partial charge is 0.493 e. The van der Waals surface area contributed by atoms with Gasteiger partial charge in [0.15, 0.2) is 16.7 Å². The van der Waals surface area contributed by atoms with Gasteiger partial charge in [0.1, 0.15) is 6.61 Å². The molecule has 0 radical (unpaired) electrons. The summed E-state index contributed by atoms with van der Waals surface area (Å²) in [6, 6.07) is 19.2. The smallest absolute Gasteiger partial charge is 0.266 e. The first-order valence-electron chi connectivity index (χ1n) is 11.7. The van der Waals surface area contributed by atoms with Crippen molar-refractivity contribution in [1.82, 2.24) is 4.90 Å². The van der Waals surface area contributed by atoms with Crippen molar-refractivity contribution in [3.8, 4) is 17.6 Å². The lowest BCUT2D eigenvalue weighted by molar-refractivity contribution is -0.122. The summed E-state index contributed by atoms with van der Waals surface area (Å²) in [5.74, 6) is 0.968. The molecule has 188 valence electrons. The number of carbonyl (C=O) groups excluding carboxylic acids is 1. The van der Waals surface area contributed by atoms with Gasteiger partial charge in [-0.1, -0.05) is 52.3 Å². The van der Waals surface area contributed by atoms with Gasteiger partial charge < -0.3 is 9.47 Å². The van der Waals surface area contributed by atoms with E-state index in [1.807, 2.05) is 75.4 Å². The average Bonchev–Trinajstić information content (AvgIpc) is 3.19. The third kappa shape index (κ3) is 5.74. The molecule has 3 aromatic carbocycles. The lowest BCUT2D eigenvalue weighted by Crippen LogP contribution is -2.28. The number of amidine groups is 1. The molecule has 6 nitrogen and oxygen atoms in total. The van der Waals surface area contributed by atoms with Crippen LogP contribution in [-0.2, 0) is 11.4 Å². The normalized spacial score (nSPS) is 15.4. The Labute approximate surface area is 229 Å². The Morgan fingerprint density at radius 2 is 1.84 bits per heavy atom. The molecule has 8 heteroatoms. The van der Waals surface area contributed by atoms with Crippen molar-refractivity contribution in [2.24, 2.45) is 4.99 Å². The Hall–Kier alpha value is -3.54. The number of hydrogen-bond donors (Lipinski definition) is 0. The van der Waals surface area contributed by atoms with Crippen LogP contribution in [0.1, 0.15) is 34.7 Å². The maximum atomic E-state index is 13.2. The average molecular weight is 577 g/mol. The van der Waals surface area contributed by atoms with E-state index in [4.69, 9.17) is 14.5 Å². The molecule has 0 N–H and O–H groups in total. The van der Waals surface area contributed by atoms with Gasteiger partial charge in [0.2, 0.25) is 0 Å². The van der Waals surface area contributed by atoms with Crippen LogP contribution < -0.4 is 9.47 Å². The molecular weight excluding hydrogens is 550 g/mol. The molecule has 0 spiro atoms. The molecule has 1 aliphatic heterocycles. The van der Waals surface area contributed by atoms with E-state index in [-0.39, 0.29) is 12.5 Å². The minimum atomic E-state index is -0.0863. The number of aryl methyl sites for hydroxylation is 2. The summed E-state index contributed by atoms with van der Waals surface area (Å²) in [6.07, 6.45) is 1.84. The molecule has 0 unspecified atom stereocenters. The summed E-state index contributed by atoms with van der Waals surface area (Å²) in [7, 11) is 1.57. The minimum absolute atomic E-state index is 0.0863. The minimum Gasteiger partial charge on any atom is -0.493 e. The Morgan fingerprint density at radius 1 is 1.11 bits per heavy atom. The number of aliphatic imine (C=N–C) groups is 1. The third-order valence-corrected chi connectivity index (χ3v) is 7.64. The number of thioether (sulfide) groups is 1. The van der Waals surface area contributed by atoms with Crippen LogP contribution in [0, 0.1) is 25.2 Å². The van der Waals surface area contributed by atoms with Crippen LogP contribution in [-0.4, -0.2) is 29.6 Å². The van der Waals surface area contributed by atoms with E-state index in [0.717, 1.165) is 32.4 Å². The van der Waals surface area contributed by atoms with Gasteiger partial charge in [-0.15, -0.1) is 0 Å². The molecule has 1 amide bonds. The molecule has 0 bridgehead atoms. The van der Waals surface area contributed by atoms with E-state index in [1.165, 1.54) is 11.8 Å². The number of methoxy groups -OCH3 is 1. The predicted octanol–water partition coefficient (Wildman–Crippen LogP) is 7.15. The molecule has 0 saturated carbocycles. The summed E-state index contributed by atoms with van der Waals surface area (Å²) in [4.78, 5) is 20.3. The van der Waals surface area contributed by atoms with Crippen LogP contribution in [0.25, 0.3) is 6.08 Å². The monoisotopic (exact) mass is 575 g/mol. The second-order valence-corrected chi connectivity index (χ2v) is 10.2. The van der Waals surface area contributed by atoms with Gasteiger partial charge in [-0.2, -0.15) is 5.26 Å². The first-order valence-corrected chi connectivity index (χ1v) is 13.3. The van der Waals surface area contributed by atoms with Crippen molar-refractivity contribution in [3.63, 3.8) is 0 Å². The first-order chi connectivity index (χ1) is 17.9. The quantitative estimate of drug-likeness (QED) is 0.279. The Bertz CT molecular complexity index is 1440. The number of hydrogen-bond acceptors (Lipinski definition) is 6. The van der Waals surface area contributed by atoms with Crippen LogP contribution in [0.2, 0.25) is 0 Å². The van der Waals surface area contributed by atoms with Gasteiger partial charge in [-0.25, -0.2) is 4.99 Å². The topological polar surface area (TPSA) is 74.9 Å². The summed E-state index contributed by atoms with van der Waals surface area (Å²) < 4.78 is 12.3. The van der Waals surface area contributed by atoms with Gasteiger partial charge in [0, 0.05) is 16.6 Å². The summed E-state index contributed by atoms with van der Waals surface area (Å²) in [5.41, 5.74) is 5.15. The number of likely N-dealkylation sites (N-methyl/N-ethyl adjacent to an activating group) is 1. The van der Waals surface area contributed by atoms with Crippen molar-refractivity contribution in [2.45, 2.75) is 27.4 Å². The summed E-state index contributed by atoms with van der Waals surface area (Å²) in [5, 5.41) is 10.00. The fourth-order valence-corrected chi connectivity index (χ4v) is 5.41. The number of amides is 1. The van der Waals surface area contributed by atoms with E-state index in [0.29, 0.717) is 33.7 Å². The zero-order valence-corrected chi connectivity index (χ0v) is 23.4. The van der Waals surface area contributed by atoms with Gasteiger partial charge >= 0.3 is 0 Å². The van der Waals surface area contributed by atoms with Crippen LogP contribution in [0.15, 0.2) is 69.0 Å². The molecule has 1 saturated heterocycles. The molecule has 0 aliphatic carbocycles. The SMILES string of the molecule is CCN1C(=O)/C(=C\c2cc(OC)c(OCc3ccccc3C#N)cc2Br)SC1=Nc1c(C)cccc1C. The third-order valence-electron chi connectivity index (χ3n) is 5.94. The Morgan fingerprint density at radius 3 is 2.51 bits per heavy atom. The van der Waals surface area contributed by atoms with Crippen LogP contribution in [0.3, 0.4) is 0 Å². The number of ether oxygens (including phenoxy) is 2. The highest BCUT2D eigenvalue weighted by atomic mass is 79.9. The zero-order chi connectivity index (χ0) is 26.5. The van der Waals surface area contributed by atoms with Gasteiger partial charge in [-0.3, -0.25) is 9.69 Å². The highest BCUT2D eigenvalue weighted by molar-refractivity contribution is 9.10. The van der Waals surface area contributed by atoms with Crippen LogP contribution in [0.5, 0.6) is 11.5 Å². The first kappa shape index (κ1) is 26.5. The van der Waals surface area contributed by atoms with Crippen LogP contribution >= 0.6 is 27.7 Å². The predicted molar refractivity (Wildman–Crippen MR) is 152 cm³/mol. The fraction of sp³-hybridized carbons (Fsp3) is 0.207. The highest BCUT2D eigenvalue weighted by Gasteiger charge is 2.32. The number of benzene rings is 3. The van der Waals surface area contributed by atoms with Crippen molar-refractivity contribution < 1.29 is 14.3 Å². The van der Waals surface area contributed by atoms with E-state index in [9.17, 15) is 10.1 Å². The van der Waals surface area contributed by atoms with Crippen LogP contribution in [0.4, 0.5) is 5.69 Å². The number of halogens is 1. The van der Waals surface area contributed by atoms with Crippen molar-refractivity contribution in [3.05, 3.63) is 91.8 Å². The Kier molecular flexibility index (Phi) is 8.37. The molecule has 0 atom stereocenters. The standard InChI is InChI=1S/C29H26BrN3O3S/c1-5-33-28(34)26(37-29(33)32-27-18(2)9-8-10-19(27)3)14-22-13-24(35-4)25(15-23(22)30)36-17-21-12-7-6-11-20(21)16-31/h6-15H,5,17H2,1-4H3/b26-14+,32-29?. The molecule has 4 rings (SSSR count). The number of carbonyl (C=O) groups is 1. The molecule has 1 aliphatic rings. The highest BCUT2D eigenvalue weighted by Crippen LogP contribution is 2.39. The fourth-order valence-electron chi connectivity index (χ4n) is 3.93.